The molecule has 0 spiro atoms. The molecule has 6 nitrogen and oxygen atoms in total. The zero-order valence-electron chi connectivity index (χ0n) is 17.4. The van der Waals surface area contributed by atoms with Gasteiger partial charge in [-0.3, -0.25) is 4.79 Å². The van der Waals surface area contributed by atoms with Gasteiger partial charge in [-0.1, -0.05) is 18.2 Å². The first-order chi connectivity index (χ1) is 15.4. The second kappa shape index (κ2) is 8.94. The summed E-state index contributed by atoms with van der Waals surface area (Å²) in [5.41, 5.74) is 0.515. The van der Waals surface area contributed by atoms with E-state index in [9.17, 15) is 18.0 Å². The van der Waals surface area contributed by atoms with E-state index in [4.69, 9.17) is 9.47 Å². The molecular formula is C23H22F3N3O3. The van der Waals surface area contributed by atoms with Gasteiger partial charge in [-0.2, -0.15) is 18.3 Å². The van der Waals surface area contributed by atoms with E-state index in [-0.39, 0.29) is 30.7 Å². The summed E-state index contributed by atoms with van der Waals surface area (Å²) in [6.07, 6.45) is -1.32. The molecule has 0 atom stereocenters. The van der Waals surface area contributed by atoms with Crippen molar-refractivity contribution in [3.8, 4) is 17.2 Å². The quantitative estimate of drug-likeness (QED) is 0.516. The molecule has 0 radical (unpaired) electrons. The highest BCUT2D eigenvalue weighted by atomic mass is 19.4. The van der Waals surface area contributed by atoms with Crippen LogP contribution < -0.4 is 14.8 Å². The van der Waals surface area contributed by atoms with Gasteiger partial charge in [0.25, 0.3) is 5.91 Å². The van der Waals surface area contributed by atoms with E-state index < -0.39 is 11.7 Å². The van der Waals surface area contributed by atoms with Crippen molar-refractivity contribution in [1.29, 1.82) is 0 Å². The molecule has 1 aromatic heterocycles. The Bertz CT molecular complexity index is 1110. The van der Waals surface area contributed by atoms with E-state index in [1.807, 2.05) is 12.1 Å². The van der Waals surface area contributed by atoms with Gasteiger partial charge in [0.05, 0.1) is 42.4 Å². The minimum atomic E-state index is -4.45. The fourth-order valence-electron chi connectivity index (χ4n) is 3.46. The molecule has 32 heavy (non-hydrogen) atoms. The van der Waals surface area contributed by atoms with Crippen LogP contribution in [0.1, 0.15) is 40.4 Å². The number of benzene rings is 2. The number of halogens is 3. The molecule has 0 bridgehead atoms. The SMILES string of the molecule is COc1ccccc1OCCNC(=O)c1cnn(-c2cccc(C(F)(F)F)c2)c1C1CC1. The lowest BCUT2D eigenvalue weighted by Gasteiger charge is -2.13. The lowest BCUT2D eigenvalue weighted by Crippen LogP contribution is -2.28. The van der Waals surface area contributed by atoms with Gasteiger partial charge in [-0.05, 0) is 43.2 Å². The van der Waals surface area contributed by atoms with E-state index >= 15 is 0 Å². The first kappa shape index (κ1) is 21.7. The molecule has 1 aliphatic rings. The summed E-state index contributed by atoms with van der Waals surface area (Å²) in [6.45, 7) is 0.475. The van der Waals surface area contributed by atoms with Crippen LogP contribution in [-0.4, -0.2) is 35.9 Å². The van der Waals surface area contributed by atoms with Gasteiger partial charge in [0.1, 0.15) is 6.61 Å². The summed E-state index contributed by atoms with van der Waals surface area (Å²) in [7, 11) is 1.55. The molecule has 1 aliphatic carbocycles. The molecule has 2 aromatic carbocycles. The van der Waals surface area contributed by atoms with E-state index in [1.165, 1.54) is 16.9 Å². The maximum Gasteiger partial charge on any atom is 0.416 e. The largest absolute Gasteiger partial charge is 0.493 e. The van der Waals surface area contributed by atoms with Crippen molar-refractivity contribution in [3.63, 3.8) is 0 Å². The third-order valence-electron chi connectivity index (χ3n) is 5.15. The highest BCUT2D eigenvalue weighted by Crippen LogP contribution is 2.42. The van der Waals surface area contributed by atoms with Crippen LogP contribution >= 0.6 is 0 Å². The Labute approximate surface area is 183 Å². The Hall–Kier alpha value is -3.49. The van der Waals surface area contributed by atoms with Crippen LogP contribution in [0.4, 0.5) is 13.2 Å². The lowest BCUT2D eigenvalue weighted by atomic mass is 10.1. The van der Waals surface area contributed by atoms with Crippen molar-refractivity contribution in [2.75, 3.05) is 20.3 Å². The van der Waals surface area contributed by atoms with Crippen LogP contribution in [0.3, 0.4) is 0 Å². The van der Waals surface area contributed by atoms with Crippen molar-refractivity contribution in [2.45, 2.75) is 24.9 Å². The molecule has 9 heteroatoms. The maximum absolute atomic E-state index is 13.1. The molecule has 0 unspecified atom stereocenters. The zero-order chi connectivity index (χ0) is 22.7. The lowest BCUT2D eigenvalue weighted by molar-refractivity contribution is -0.137. The second-order valence-corrected chi connectivity index (χ2v) is 7.43. The van der Waals surface area contributed by atoms with Crippen molar-refractivity contribution in [1.82, 2.24) is 15.1 Å². The Morgan fingerprint density at radius 2 is 1.91 bits per heavy atom. The van der Waals surface area contributed by atoms with Crippen LogP contribution in [0.2, 0.25) is 0 Å². The van der Waals surface area contributed by atoms with E-state index in [2.05, 4.69) is 10.4 Å². The first-order valence-electron chi connectivity index (χ1n) is 10.2. The van der Waals surface area contributed by atoms with Crippen molar-refractivity contribution in [2.24, 2.45) is 0 Å². The number of para-hydroxylation sites is 2. The highest BCUT2D eigenvalue weighted by molar-refractivity contribution is 5.95. The third-order valence-corrected chi connectivity index (χ3v) is 5.15. The Balaban J connectivity index is 1.46. The van der Waals surface area contributed by atoms with Gasteiger partial charge < -0.3 is 14.8 Å². The maximum atomic E-state index is 13.1. The molecule has 4 rings (SSSR count). The summed E-state index contributed by atoms with van der Waals surface area (Å²) in [5.74, 6) is 0.920. The normalized spacial score (nSPS) is 13.6. The fraction of sp³-hybridized carbons (Fsp3) is 0.304. The molecule has 1 fully saturated rings. The number of carbonyl (C=O) groups is 1. The number of hydrogen-bond donors (Lipinski definition) is 1. The molecule has 1 saturated carbocycles. The monoisotopic (exact) mass is 445 g/mol. The number of hydrogen-bond acceptors (Lipinski definition) is 4. The van der Waals surface area contributed by atoms with E-state index in [0.717, 1.165) is 25.0 Å². The minimum absolute atomic E-state index is 0.0950. The Morgan fingerprint density at radius 3 is 2.59 bits per heavy atom. The number of alkyl halides is 3. The number of nitrogens with zero attached hydrogens (tertiary/aromatic N) is 2. The predicted molar refractivity (Wildman–Crippen MR) is 111 cm³/mol. The zero-order valence-corrected chi connectivity index (χ0v) is 17.4. The summed E-state index contributed by atoms with van der Waals surface area (Å²) < 4.78 is 51.7. The Kier molecular flexibility index (Phi) is 6.07. The molecule has 3 aromatic rings. The van der Waals surface area contributed by atoms with Crippen LogP contribution in [0.25, 0.3) is 5.69 Å². The van der Waals surface area contributed by atoms with Gasteiger partial charge in [0.2, 0.25) is 0 Å². The summed E-state index contributed by atoms with van der Waals surface area (Å²) in [4.78, 5) is 12.8. The smallest absolute Gasteiger partial charge is 0.416 e. The number of methoxy groups -OCH3 is 1. The number of rotatable bonds is 8. The van der Waals surface area contributed by atoms with Crippen molar-refractivity contribution < 1.29 is 27.4 Å². The number of aromatic nitrogens is 2. The van der Waals surface area contributed by atoms with E-state index in [1.54, 1.807) is 25.3 Å². The van der Waals surface area contributed by atoms with Gasteiger partial charge in [0, 0.05) is 5.92 Å². The van der Waals surface area contributed by atoms with Gasteiger partial charge >= 0.3 is 6.18 Å². The van der Waals surface area contributed by atoms with Gasteiger partial charge in [0.15, 0.2) is 11.5 Å². The third kappa shape index (κ3) is 4.71. The molecule has 1 N–H and O–H groups in total. The average molecular weight is 445 g/mol. The van der Waals surface area contributed by atoms with Crippen molar-refractivity contribution >= 4 is 5.91 Å². The molecule has 1 amide bonds. The fourth-order valence-corrected chi connectivity index (χ4v) is 3.46. The minimum Gasteiger partial charge on any atom is -0.493 e. The van der Waals surface area contributed by atoms with Crippen LogP contribution in [0.15, 0.2) is 54.7 Å². The van der Waals surface area contributed by atoms with Crippen molar-refractivity contribution in [3.05, 3.63) is 71.5 Å². The number of amides is 1. The van der Waals surface area contributed by atoms with Crippen LogP contribution in [0, 0.1) is 0 Å². The predicted octanol–water partition coefficient (Wildman–Crippen LogP) is 4.59. The number of carbonyl (C=O) groups excluding carboxylic acids is 1. The number of nitrogens with one attached hydrogen (secondary N) is 1. The van der Waals surface area contributed by atoms with Crippen LogP contribution in [-0.2, 0) is 6.18 Å². The Morgan fingerprint density at radius 1 is 1.16 bits per heavy atom. The summed E-state index contributed by atoms with van der Waals surface area (Å²) in [5, 5.41) is 7.02. The topological polar surface area (TPSA) is 65.4 Å². The number of ether oxygens (including phenoxy) is 2. The first-order valence-corrected chi connectivity index (χ1v) is 10.2. The summed E-state index contributed by atoms with van der Waals surface area (Å²) in [6, 6.07) is 12.1. The van der Waals surface area contributed by atoms with Gasteiger partial charge in [-0.15, -0.1) is 0 Å². The molecule has 0 aliphatic heterocycles. The van der Waals surface area contributed by atoms with Gasteiger partial charge in [-0.25, -0.2) is 4.68 Å². The molecular weight excluding hydrogens is 423 g/mol. The second-order valence-electron chi connectivity index (χ2n) is 7.43. The highest BCUT2D eigenvalue weighted by Gasteiger charge is 2.34. The standard InChI is InChI=1S/C23H22F3N3O3/c1-31-19-7-2-3-8-20(19)32-12-11-27-22(30)18-14-28-29(21(18)15-9-10-15)17-6-4-5-16(13-17)23(24,25)26/h2-8,13-15H,9-12H2,1H3,(H,27,30). The molecule has 168 valence electrons. The molecule has 1 heterocycles. The van der Waals surface area contributed by atoms with E-state index in [0.29, 0.717) is 22.8 Å². The molecule has 0 saturated heterocycles. The average Bonchev–Trinajstić information content (AvgIpc) is 3.53. The summed E-state index contributed by atoms with van der Waals surface area (Å²) >= 11 is 0. The van der Waals surface area contributed by atoms with Crippen LogP contribution in [0.5, 0.6) is 11.5 Å².